The lowest BCUT2D eigenvalue weighted by Crippen LogP contribution is -2.33. The summed E-state index contributed by atoms with van der Waals surface area (Å²) in [6, 6.07) is 17.7. The molecule has 1 aliphatic heterocycles. The Labute approximate surface area is 190 Å². The number of aryl methyl sites for hydroxylation is 2. The standard InChI is InChI=1S/C26H22FN3O3/c1-15-4-13-22(16(2)14-15)30-25(32)23(18-5-7-19(27)8-6-18)24(26(30)33)29-21-11-9-20(10-12-21)28-17(3)31/h4-14,29H,1-3H3,(H,28,31). The number of imide groups is 1. The molecule has 0 aromatic heterocycles. The summed E-state index contributed by atoms with van der Waals surface area (Å²) in [6.07, 6.45) is 0. The molecule has 3 amide bonds. The normalized spacial score (nSPS) is 13.5. The molecule has 4 rings (SSSR count). The maximum Gasteiger partial charge on any atom is 0.282 e. The lowest BCUT2D eigenvalue weighted by Gasteiger charge is -2.18. The van der Waals surface area contributed by atoms with Crippen LogP contribution in [-0.2, 0) is 14.4 Å². The average Bonchev–Trinajstić information content (AvgIpc) is 3.00. The fraction of sp³-hybridized carbons (Fsp3) is 0.115. The van der Waals surface area contributed by atoms with Crippen LogP contribution in [-0.4, -0.2) is 17.7 Å². The highest BCUT2D eigenvalue weighted by Crippen LogP contribution is 2.35. The van der Waals surface area contributed by atoms with Gasteiger partial charge >= 0.3 is 0 Å². The molecule has 0 unspecified atom stereocenters. The quantitative estimate of drug-likeness (QED) is 0.556. The SMILES string of the molecule is CC(=O)Nc1ccc(NC2=C(c3ccc(F)cc3)C(=O)N(c3ccc(C)cc3C)C2=O)cc1. The monoisotopic (exact) mass is 443 g/mol. The number of halogens is 1. The van der Waals surface area contributed by atoms with Gasteiger partial charge in [0.1, 0.15) is 11.5 Å². The van der Waals surface area contributed by atoms with E-state index < -0.39 is 17.6 Å². The Morgan fingerprint density at radius 3 is 2.09 bits per heavy atom. The number of carbonyl (C=O) groups excluding carboxylic acids is 3. The zero-order valence-corrected chi connectivity index (χ0v) is 18.4. The van der Waals surface area contributed by atoms with Crippen molar-refractivity contribution < 1.29 is 18.8 Å². The minimum atomic E-state index is -0.503. The van der Waals surface area contributed by atoms with Crippen molar-refractivity contribution in [1.82, 2.24) is 0 Å². The number of rotatable bonds is 5. The molecule has 0 fully saturated rings. The molecule has 0 saturated carbocycles. The van der Waals surface area contributed by atoms with Crippen molar-refractivity contribution in [2.24, 2.45) is 0 Å². The van der Waals surface area contributed by atoms with E-state index in [0.717, 1.165) is 16.0 Å². The van der Waals surface area contributed by atoms with Crippen LogP contribution in [0.4, 0.5) is 21.5 Å². The number of nitrogens with zero attached hydrogens (tertiary/aromatic N) is 1. The van der Waals surface area contributed by atoms with Gasteiger partial charge in [0.25, 0.3) is 11.8 Å². The Kier molecular flexibility index (Phi) is 5.79. The van der Waals surface area contributed by atoms with Crippen LogP contribution in [0.2, 0.25) is 0 Å². The lowest BCUT2D eigenvalue weighted by molar-refractivity contribution is -0.120. The maximum atomic E-state index is 13.5. The fourth-order valence-corrected chi connectivity index (χ4v) is 3.79. The van der Waals surface area contributed by atoms with E-state index in [9.17, 15) is 18.8 Å². The van der Waals surface area contributed by atoms with Gasteiger partial charge in [-0.1, -0.05) is 29.8 Å². The third kappa shape index (κ3) is 4.39. The number of benzene rings is 3. The summed E-state index contributed by atoms with van der Waals surface area (Å²) in [5.74, 6) is -1.63. The van der Waals surface area contributed by atoms with Gasteiger partial charge in [0.2, 0.25) is 5.91 Å². The number of hydrogen-bond acceptors (Lipinski definition) is 4. The van der Waals surface area contributed by atoms with Crippen LogP contribution >= 0.6 is 0 Å². The topological polar surface area (TPSA) is 78.5 Å². The van der Waals surface area contributed by atoms with Crippen molar-refractivity contribution >= 4 is 40.4 Å². The molecule has 0 atom stereocenters. The van der Waals surface area contributed by atoms with E-state index in [4.69, 9.17) is 0 Å². The van der Waals surface area contributed by atoms with Crippen molar-refractivity contribution in [1.29, 1.82) is 0 Å². The third-order valence-corrected chi connectivity index (χ3v) is 5.28. The highest BCUT2D eigenvalue weighted by atomic mass is 19.1. The first-order valence-corrected chi connectivity index (χ1v) is 10.4. The molecule has 0 bridgehead atoms. The Morgan fingerprint density at radius 1 is 0.848 bits per heavy atom. The first-order valence-electron chi connectivity index (χ1n) is 10.4. The molecule has 3 aromatic carbocycles. The van der Waals surface area contributed by atoms with Crippen LogP contribution in [0.25, 0.3) is 5.57 Å². The minimum Gasteiger partial charge on any atom is -0.350 e. The Bertz CT molecular complexity index is 1300. The van der Waals surface area contributed by atoms with Crippen molar-refractivity contribution in [3.05, 3.63) is 94.9 Å². The van der Waals surface area contributed by atoms with Gasteiger partial charge in [0.15, 0.2) is 0 Å². The predicted molar refractivity (Wildman–Crippen MR) is 126 cm³/mol. The van der Waals surface area contributed by atoms with E-state index >= 15 is 0 Å². The Hall–Kier alpha value is -4.26. The summed E-state index contributed by atoms with van der Waals surface area (Å²) in [4.78, 5) is 39.3. The van der Waals surface area contributed by atoms with Gasteiger partial charge in [0.05, 0.1) is 11.3 Å². The molecule has 166 valence electrons. The summed E-state index contributed by atoms with van der Waals surface area (Å²) in [6.45, 7) is 5.19. The summed E-state index contributed by atoms with van der Waals surface area (Å²) in [5, 5.41) is 5.73. The number of anilines is 3. The molecular formula is C26H22FN3O3. The molecule has 1 heterocycles. The molecule has 0 radical (unpaired) electrons. The number of hydrogen-bond donors (Lipinski definition) is 2. The van der Waals surface area contributed by atoms with Crippen LogP contribution in [0, 0.1) is 19.7 Å². The van der Waals surface area contributed by atoms with E-state index in [0.29, 0.717) is 22.6 Å². The minimum absolute atomic E-state index is 0.0962. The van der Waals surface area contributed by atoms with Gasteiger partial charge in [-0.25, -0.2) is 9.29 Å². The zero-order valence-electron chi connectivity index (χ0n) is 18.4. The van der Waals surface area contributed by atoms with Crippen molar-refractivity contribution in [2.45, 2.75) is 20.8 Å². The van der Waals surface area contributed by atoms with Crippen molar-refractivity contribution in [2.75, 3.05) is 15.5 Å². The first kappa shape index (κ1) is 22.0. The molecule has 1 aliphatic rings. The molecule has 0 spiro atoms. The summed E-state index contributed by atoms with van der Waals surface area (Å²) < 4.78 is 13.5. The zero-order chi connectivity index (χ0) is 23.7. The van der Waals surface area contributed by atoms with Crippen molar-refractivity contribution in [3.8, 4) is 0 Å². The van der Waals surface area contributed by atoms with Gasteiger partial charge in [-0.15, -0.1) is 0 Å². The predicted octanol–water partition coefficient (Wildman–Crippen LogP) is 4.80. The molecule has 0 aliphatic carbocycles. The average molecular weight is 443 g/mol. The smallest absolute Gasteiger partial charge is 0.282 e. The van der Waals surface area contributed by atoms with E-state index in [1.54, 1.807) is 30.3 Å². The molecular weight excluding hydrogens is 421 g/mol. The van der Waals surface area contributed by atoms with E-state index in [-0.39, 0.29) is 17.2 Å². The molecule has 0 saturated heterocycles. The number of carbonyl (C=O) groups is 3. The van der Waals surface area contributed by atoms with Crippen LogP contribution < -0.4 is 15.5 Å². The third-order valence-electron chi connectivity index (χ3n) is 5.28. The molecule has 33 heavy (non-hydrogen) atoms. The lowest BCUT2D eigenvalue weighted by atomic mass is 10.0. The van der Waals surface area contributed by atoms with E-state index in [1.165, 1.54) is 31.2 Å². The summed E-state index contributed by atoms with van der Waals surface area (Å²) in [7, 11) is 0. The van der Waals surface area contributed by atoms with E-state index in [2.05, 4.69) is 10.6 Å². The molecule has 2 N–H and O–H groups in total. The molecule has 3 aromatic rings. The van der Waals surface area contributed by atoms with Gasteiger partial charge < -0.3 is 10.6 Å². The second-order valence-corrected chi connectivity index (χ2v) is 7.88. The maximum absolute atomic E-state index is 13.5. The highest BCUT2D eigenvalue weighted by Gasteiger charge is 2.40. The van der Waals surface area contributed by atoms with Crippen LogP contribution in [0.15, 0.2) is 72.4 Å². The number of nitrogens with one attached hydrogen (secondary N) is 2. The Morgan fingerprint density at radius 2 is 1.48 bits per heavy atom. The van der Waals surface area contributed by atoms with Gasteiger partial charge in [0, 0.05) is 18.3 Å². The number of amides is 3. The highest BCUT2D eigenvalue weighted by molar-refractivity contribution is 6.46. The van der Waals surface area contributed by atoms with E-state index in [1.807, 2.05) is 26.0 Å². The summed E-state index contributed by atoms with van der Waals surface area (Å²) in [5.41, 5.74) is 4.14. The molecule has 7 heteroatoms. The van der Waals surface area contributed by atoms with Gasteiger partial charge in [-0.2, -0.15) is 0 Å². The van der Waals surface area contributed by atoms with Crippen LogP contribution in [0.5, 0.6) is 0 Å². The Balaban J connectivity index is 1.76. The fourth-order valence-electron chi connectivity index (χ4n) is 3.79. The van der Waals surface area contributed by atoms with Crippen molar-refractivity contribution in [3.63, 3.8) is 0 Å². The van der Waals surface area contributed by atoms with Gasteiger partial charge in [-0.3, -0.25) is 14.4 Å². The second-order valence-electron chi connectivity index (χ2n) is 7.88. The molecule has 6 nitrogen and oxygen atoms in total. The first-order chi connectivity index (χ1) is 15.7. The second kappa shape index (κ2) is 8.70. The largest absolute Gasteiger partial charge is 0.350 e. The van der Waals surface area contributed by atoms with Crippen LogP contribution in [0.1, 0.15) is 23.6 Å². The van der Waals surface area contributed by atoms with Crippen LogP contribution in [0.3, 0.4) is 0 Å². The van der Waals surface area contributed by atoms with Gasteiger partial charge in [-0.05, 0) is 67.4 Å². The summed E-state index contributed by atoms with van der Waals surface area (Å²) >= 11 is 0.